The van der Waals surface area contributed by atoms with Gasteiger partial charge in [-0.2, -0.15) is 0 Å². The largest absolute Gasteiger partial charge is 0.481 e. The van der Waals surface area contributed by atoms with Gasteiger partial charge in [0.25, 0.3) is 11.1 Å². The summed E-state index contributed by atoms with van der Waals surface area (Å²) in [4.78, 5) is 37.0. The van der Waals surface area contributed by atoms with Crippen LogP contribution in [-0.4, -0.2) is 33.7 Å². The zero-order valence-corrected chi connectivity index (χ0v) is 15.5. The monoisotopic (exact) mass is 403 g/mol. The molecule has 2 amide bonds. The maximum absolute atomic E-state index is 12.7. The minimum Gasteiger partial charge on any atom is -0.481 e. The van der Waals surface area contributed by atoms with E-state index in [2.05, 4.69) is 0 Å². The van der Waals surface area contributed by atoms with Crippen molar-refractivity contribution in [3.05, 3.63) is 69.6 Å². The topological polar surface area (TPSA) is 83.9 Å². The highest BCUT2D eigenvalue weighted by molar-refractivity contribution is 8.18. The molecule has 0 bridgehead atoms. The van der Waals surface area contributed by atoms with Gasteiger partial charge in [0, 0.05) is 10.6 Å². The average Bonchev–Trinajstić information content (AvgIpc) is 2.90. The Morgan fingerprint density at radius 2 is 1.85 bits per heavy atom. The van der Waals surface area contributed by atoms with Crippen LogP contribution in [0, 0.1) is 0 Å². The van der Waals surface area contributed by atoms with Crippen molar-refractivity contribution in [2.75, 3.05) is 6.61 Å². The summed E-state index contributed by atoms with van der Waals surface area (Å²) in [6.45, 7) is -0.419. The van der Waals surface area contributed by atoms with Gasteiger partial charge < -0.3 is 9.84 Å². The number of aliphatic carboxylic acids is 1. The molecule has 0 saturated carbocycles. The smallest absolute Gasteiger partial charge is 0.341 e. The van der Waals surface area contributed by atoms with Crippen molar-refractivity contribution in [1.29, 1.82) is 0 Å². The minimum atomic E-state index is -1.11. The van der Waals surface area contributed by atoms with Crippen molar-refractivity contribution < 1.29 is 24.2 Å². The SMILES string of the molecule is O=C(O)COc1ccccc1/C=C1\SC(=O)N(Cc2ccccc2Cl)C1=O. The number of hydrogen-bond donors (Lipinski definition) is 1. The van der Waals surface area contributed by atoms with Gasteiger partial charge in [-0.25, -0.2) is 4.79 Å². The quantitative estimate of drug-likeness (QED) is 0.733. The van der Waals surface area contributed by atoms with Crippen molar-refractivity contribution in [2.45, 2.75) is 6.54 Å². The van der Waals surface area contributed by atoms with Gasteiger partial charge in [0.2, 0.25) is 0 Å². The molecule has 0 aromatic heterocycles. The number of halogens is 1. The summed E-state index contributed by atoms with van der Waals surface area (Å²) in [5.41, 5.74) is 1.19. The predicted molar refractivity (Wildman–Crippen MR) is 103 cm³/mol. The van der Waals surface area contributed by atoms with Crippen LogP contribution in [0.25, 0.3) is 6.08 Å². The van der Waals surface area contributed by atoms with E-state index in [1.165, 1.54) is 6.08 Å². The van der Waals surface area contributed by atoms with Gasteiger partial charge in [-0.1, -0.05) is 48.0 Å². The third kappa shape index (κ3) is 4.50. The van der Waals surface area contributed by atoms with Crippen LogP contribution in [0.15, 0.2) is 53.4 Å². The first-order chi connectivity index (χ1) is 13.0. The normalized spacial score (nSPS) is 15.4. The van der Waals surface area contributed by atoms with E-state index >= 15 is 0 Å². The molecule has 138 valence electrons. The van der Waals surface area contributed by atoms with E-state index in [4.69, 9.17) is 21.4 Å². The molecule has 1 aliphatic heterocycles. The second-order valence-corrected chi connectivity index (χ2v) is 6.98. The number of benzene rings is 2. The first-order valence-electron chi connectivity index (χ1n) is 7.88. The van der Waals surface area contributed by atoms with Crippen molar-refractivity contribution in [1.82, 2.24) is 4.90 Å². The lowest BCUT2D eigenvalue weighted by Gasteiger charge is -2.13. The van der Waals surface area contributed by atoms with Gasteiger partial charge in [-0.3, -0.25) is 14.5 Å². The van der Waals surface area contributed by atoms with E-state index in [0.717, 1.165) is 16.7 Å². The summed E-state index contributed by atoms with van der Waals surface area (Å²) < 4.78 is 5.23. The molecule has 1 fully saturated rings. The van der Waals surface area contributed by atoms with Crippen LogP contribution < -0.4 is 4.74 Å². The number of imide groups is 1. The summed E-state index contributed by atoms with van der Waals surface area (Å²) in [5.74, 6) is -1.22. The number of hydrogen-bond acceptors (Lipinski definition) is 5. The van der Waals surface area contributed by atoms with Crippen LogP contribution in [0.2, 0.25) is 5.02 Å². The molecule has 0 radical (unpaired) electrons. The van der Waals surface area contributed by atoms with E-state index in [1.807, 2.05) is 0 Å². The molecule has 8 heteroatoms. The lowest BCUT2D eigenvalue weighted by atomic mass is 10.1. The molecule has 2 aromatic carbocycles. The molecule has 1 aliphatic rings. The number of thioether (sulfide) groups is 1. The Kier molecular flexibility index (Phi) is 5.83. The first kappa shape index (κ1) is 19.0. The molecule has 6 nitrogen and oxygen atoms in total. The number of carbonyl (C=O) groups is 3. The molecule has 0 spiro atoms. The molecule has 1 N–H and O–H groups in total. The number of carbonyl (C=O) groups excluding carboxylic acids is 2. The summed E-state index contributed by atoms with van der Waals surface area (Å²) in [5, 5.41) is 8.85. The highest BCUT2D eigenvalue weighted by atomic mass is 35.5. The van der Waals surface area contributed by atoms with Gasteiger partial charge in [-0.15, -0.1) is 0 Å². The highest BCUT2D eigenvalue weighted by Crippen LogP contribution is 2.35. The fourth-order valence-electron chi connectivity index (χ4n) is 2.45. The molecule has 0 atom stereocenters. The third-order valence-electron chi connectivity index (χ3n) is 3.72. The molecule has 1 saturated heterocycles. The van der Waals surface area contributed by atoms with E-state index in [-0.39, 0.29) is 11.4 Å². The fourth-order valence-corrected chi connectivity index (χ4v) is 3.47. The highest BCUT2D eigenvalue weighted by Gasteiger charge is 2.35. The van der Waals surface area contributed by atoms with Crippen LogP contribution in [0.1, 0.15) is 11.1 Å². The molecular formula is C19H14ClNO5S. The van der Waals surface area contributed by atoms with Gasteiger partial charge >= 0.3 is 5.97 Å². The molecule has 0 aliphatic carbocycles. The Labute approximate surface area is 164 Å². The maximum atomic E-state index is 12.7. The summed E-state index contributed by atoms with van der Waals surface area (Å²) >= 11 is 6.93. The second kappa shape index (κ2) is 8.28. The van der Waals surface area contributed by atoms with Crippen molar-refractivity contribution in [2.24, 2.45) is 0 Å². The summed E-state index contributed by atoms with van der Waals surface area (Å²) in [6, 6.07) is 13.7. The van der Waals surface area contributed by atoms with Gasteiger partial charge in [0.05, 0.1) is 11.4 Å². The number of amides is 2. The van der Waals surface area contributed by atoms with Crippen molar-refractivity contribution >= 4 is 46.6 Å². The molecular weight excluding hydrogens is 390 g/mol. The van der Waals surface area contributed by atoms with Gasteiger partial charge in [0.1, 0.15) is 5.75 Å². The number of ether oxygens (including phenoxy) is 1. The number of carboxylic acids is 1. The van der Waals surface area contributed by atoms with E-state index in [0.29, 0.717) is 21.9 Å². The Balaban J connectivity index is 1.83. The number of nitrogens with zero attached hydrogens (tertiary/aromatic N) is 1. The summed E-state index contributed by atoms with van der Waals surface area (Å²) in [7, 11) is 0. The maximum Gasteiger partial charge on any atom is 0.341 e. The summed E-state index contributed by atoms with van der Waals surface area (Å²) in [6.07, 6.45) is 1.52. The lowest BCUT2D eigenvalue weighted by Crippen LogP contribution is -2.27. The van der Waals surface area contributed by atoms with Gasteiger partial charge in [-0.05, 0) is 35.5 Å². The fraction of sp³-hybridized carbons (Fsp3) is 0.105. The molecule has 1 heterocycles. The number of para-hydroxylation sites is 1. The Bertz CT molecular complexity index is 943. The second-order valence-electron chi connectivity index (χ2n) is 5.58. The van der Waals surface area contributed by atoms with E-state index in [9.17, 15) is 14.4 Å². The first-order valence-corrected chi connectivity index (χ1v) is 9.07. The minimum absolute atomic E-state index is 0.0822. The van der Waals surface area contributed by atoms with Crippen LogP contribution in [0.4, 0.5) is 4.79 Å². The predicted octanol–water partition coefficient (Wildman–Crippen LogP) is 4.04. The lowest BCUT2D eigenvalue weighted by molar-refractivity contribution is -0.139. The van der Waals surface area contributed by atoms with Crippen LogP contribution in [0.5, 0.6) is 5.75 Å². The molecule has 0 unspecified atom stereocenters. The molecule has 27 heavy (non-hydrogen) atoms. The van der Waals surface area contributed by atoms with E-state index in [1.54, 1.807) is 48.5 Å². The number of rotatable bonds is 6. The molecule has 2 aromatic rings. The average molecular weight is 404 g/mol. The van der Waals surface area contributed by atoms with Crippen molar-refractivity contribution in [3.63, 3.8) is 0 Å². The standard InChI is InChI=1S/C19H14ClNO5S/c20-14-7-3-1-6-13(14)10-21-18(24)16(27-19(21)25)9-12-5-2-4-8-15(12)26-11-17(22)23/h1-9H,10-11H2,(H,22,23)/b16-9-. The van der Waals surface area contributed by atoms with Gasteiger partial charge in [0.15, 0.2) is 6.61 Å². The zero-order valence-electron chi connectivity index (χ0n) is 13.9. The van der Waals surface area contributed by atoms with Crippen LogP contribution in [0.3, 0.4) is 0 Å². The molecule has 3 rings (SSSR count). The number of carboxylic acid groups (broad SMARTS) is 1. The Morgan fingerprint density at radius 1 is 1.15 bits per heavy atom. The van der Waals surface area contributed by atoms with E-state index < -0.39 is 23.7 Å². The van der Waals surface area contributed by atoms with Crippen LogP contribution >= 0.6 is 23.4 Å². The Hall–Kier alpha value is -2.77. The third-order valence-corrected chi connectivity index (χ3v) is 4.99. The Morgan fingerprint density at radius 3 is 2.59 bits per heavy atom. The van der Waals surface area contributed by atoms with Crippen LogP contribution in [-0.2, 0) is 16.1 Å². The van der Waals surface area contributed by atoms with Crippen molar-refractivity contribution in [3.8, 4) is 5.75 Å². The zero-order chi connectivity index (χ0) is 19.4.